The van der Waals surface area contributed by atoms with Crippen LogP contribution in [0.5, 0.6) is 5.75 Å². The molecule has 1 N–H and O–H groups in total. The van der Waals surface area contributed by atoms with Crippen molar-refractivity contribution in [1.82, 2.24) is 25.2 Å². The van der Waals surface area contributed by atoms with Gasteiger partial charge < -0.3 is 9.47 Å². The van der Waals surface area contributed by atoms with Crippen LogP contribution in [0.1, 0.15) is 17.3 Å². The largest absolute Gasteiger partial charge is 0.484 e. The van der Waals surface area contributed by atoms with E-state index in [4.69, 9.17) is 9.47 Å². The zero-order valence-electron chi connectivity index (χ0n) is 15.8. The molecule has 152 valence electrons. The van der Waals surface area contributed by atoms with Crippen LogP contribution in [0.4, 0.5) is 5.13 Å². The molecule has 0 radical (unpaired) electrons. The number of nitrogens with zero attached hydrogens (tertiary/aromatic N) is 5. The number of anilines is 1. The fourth-order valence-electron chi connectivity index (χ4n) is 2.60. The number of rotatable bonds is 7. The number of amides is 1. The quantitative estimate of drug-likeness (QED) is 0.449. The number of carbonyl (C=O) groups is 2. The second-order valence-electron chi connectivity index (χ2n) is 6.01. The van der Waals surface area contributed by atoms with Crippen LogP contribution in [0.2, 0.25) is 0 Å². The number of hydrogen-bond donors (Lipinski definition) is 1. The first kappa shape index (κ1) is 19.5. The lowest BCUT2D eigenvalue weighted by Crippen LogP contribution is -2.20. The van der Waals surface area contributed by atoms with Gasteiger partial charge in [0.05, 0.1) is 28.1 Å². The standard InChI is InChI=1S/C19H16N6O4S/c1-2-28-18(27)12-3-8-15-16(9-12)30-19(21-15)22-17(26)10-29-14-6-4-13(5-7-14)25-11-20-23-24-25/h3-9,11H,2,10H2,1H3,(H,21,22,26). The number of fused-ring (bicyclic) bond motifs is 1. The Hall–Kier alpha value is -3.86. The third-order valence-corrected chi connectivity index (χ3v) is 4.90. The molecule has 0 aliphatic carbocycles. The highest BCUT2D eigenvalue weighted by atomic mass is 32.1. The van der Waals surface area contributed by atoms with E-state index in [1.165, 1.54) is 22.3 Å². The molecule has 0 aliphatic heterocycles. The summed E-state index contributed by atoms with van der Waals surface area (Å²) in [5, 5.41) is 14.1. The molecular weight excluding hydrogens is 408 g/mol. The summed E-state index contributed by atoms with van der Waals surface area (Å²) >= 11 is 1.27. The van der Waals surface area contributed by atoms with Crippen molar-refractivity contribution in [3.8, 4) is 11.4 Å². The van der Waals surface area contributed by atoms with Crippen molar-refractivity contribution >= 4 is 38.6 Å². The van der Waals surface area contributed by atoms with Gasteiger partial charge in [-0.1, -0.05) is 11.3 Å². The number of thiazole rings is 1. The Morgan fingerprint density at radius 1 is 1.17 bits per heavy atom. The van der Waals surface area contributed by atoms with E-state index in [0.29, 0.717) is 28.6 Å². The summed E-state index contributed by atoms with van der Waals surface area (Å²) in [6.45, 7) is 1.89. The lowest BCUT2D eigenvalue weighted by atomic mass is 10.2. The minimum Gasteiger partial charge on any atom is -0.484 e. The summed E-state index contributed by atoms with van der Waals surface area (Å²) < 4.78 is 12.8. The Bertz CT molecular complexity index is 1170. The first-order valence-electron chi connectivity index (χ1n) is 8.96. The molecular formula is C19H16N6O4S. The molecule has 1 amide bonds. The molecule has 0 unspecified atom stereocenters. The van der Waals surface area contributed by atoms with Crippen LogP contribution in [-0.4, -0.2) is 50.3 Å². The van der Waals surface area contributed by atoms with Crippen LogP contribution in [-0.2, 0) is 9.53 Å². The van der Waals surface area contributed by atoms with Gasteiger partial charge >= 0.3 is 5.97 Å². The van der Waals surface area contributed by atoms with Gasteiger partial charge in [0.15, 0.2) is 11.7 Å². The fraction of sp³-hybridized carbons (Fsp3) is 0.158. The molecule has 0 saturated heterocycles. The number of carbonyl (C=O) groups excluding carboxylic acids is 2. The Morgan fingerprint density at radius 3 is 2.73 bits per heavy atom. The Balaban J connectivity index is 1.35. The summed E-state index contributed by atoms with van der Waals surface area (Å²) in [6, 6.07) is 12.1. The van der Waals surface area contributed by atoms with E-state index in [0.717, 1.165) is 10.4 Å². The topological polar surface area (TPSA) is 121 Å². The zero-order valence-corrected chi connectivity index (χ0v) is 16.6. The van der Waals surface area contributed by atoms with E-state index >= 15 is 0 Å². The first-order valence-corrected chi connectivity index (χ1v) is 9.78. The Kier molecular flexibility index (Phi) is 5.61. The number of aromatic nitrogens is 5. The van der Waals surface area contributed by atoms with Crippen molar-refractivity contribution < 1.29 is 19.1 Å². The van der Waals surface area contributed by atoms with Crippen LogP contribution in [0.25, 0.3) is 15.9 Å². The average Bonchev–Trinajstić information content (AvgIpc) is 3.42. The molecule has 2 heterocycles. The molecule has 0 aliphatic rings. The lowest BCUT2D eigenvalue weighted by molar-refractivity contribution is -0.118. The second kappa shape index (κ2) is 8.66. The van der Waals surface area contributed by atoms with Gasteiger partial charge in [-0.2, -0.15) is 0 Å². The maximum Gasteiger partial charge on any atom is 0.338 e. The second-order valence-corrected chi connectivity index (χ2v) is 7.04. The van der Waals surface area contributed by atoms with Crippen molar-refractivity contribution in [1.29, 1.82) is 0 Å². The van der Waals surface area contributed by atoms with Crippen LogP contribution in [0.15, 0.2) is 48.8 Å². The molecule has 2 aromatic carbocycles. The van der Waals surface area contributed by atoms with Gasteiger partial charge in [0.2, 0.25) is 0 Å². The molecule has 0 saturated carbocycles. The highest BCUT2D eigenvalue weighted by Gasteiger charge is 2.12. The minimum absolute atomic E-state index is 0.172. The third-order valence-electron chi connectivity index (χ3n) is 3.97. The average molecular weight is 424 g/mol. The van der Waals surface area contributed by atoms with Gasteiger partial charge in [-0.15, -0.1) is 5.10 Å². The summed E-state index contributed by atoms with van der Waals surface area (Å²) in [6.07, 6.45) is 1.48. The van der Waals surface area contributed by atoms with Gasteiger partial charge in [-0.05, 0) is 59.8 Å². The van der Waals surface area contributed by atoms with Gasteiger partial charge in [0.1, 0.15) is 12.1 Å². The smallest absolute Gasteiger partial charge is 0.338 e. The summed E-state index contributed by atoms with van der Waals surface area (Å²) in [7, 11) is 0. The number of ether oxygens (including phenoxy) is 2. The molecule has 2 aromatic heterocycles. The molecule has 0 fully saturated rings. The molecule has 0 spiro atoms. The first-order chi connectivity index (χ1) is 14.6. The van der Waals surface area contributed by atoms with Crippen molar-refractivity contribution in [2.24, 2.45) is 0 Å². The van der Waals surface area contributed by atoms with Crippen LogP contribution in [0.3, 0.4) is 0 Å². The summed E-state index contributed by atoms with van der Waals surface area (Å²) in [4.78, 5) is 28.4. The Morgan fingerprint density at radius 2 is 2.00 bits per heavy atom. The predicted molar refractivity (Wildman–Crippen MR) is 109 cm³/mol. The van der Waals surface area contributed by atoms with Crippen LogP contribution >= 0.6 is 11.3 Å². The number of tetrazole rings is 1. The van der Waals surface area contributed by atoms with Gasteiger partial charge in [0, 0.05) is 0 Å². The van der Waals surface area contributed by atoms with Crippen LogP contribution in [0, 0.1) is 0 Å². The monoisotopic (exact) mass is 424 g/mol. The Labute approximate surface area is 174 Å². The zero-order chi connectivity index (χ0) is 20.9. The predicted octanol–water partition coefficient (Wildman–Crippen LogP) is 2.47. The third kappa shape index (κ3) is 4.41. The molecule has 30 heavy (non-hydrogen) atoms. The highest BCUT2D eigenvalue weighted by Crippen LogP contribution is 2.27. The number of nitrogens with one attached hydrogen (secondary N) is 1. The van der Waals surface area contributed by atoms with E-state index in [2.05, 4.69) is 25.8 Å². The summed E-state index contributed by atoms with van der Waals surface area (Å²) in [5.74, 6) is -0.201. The maximum atomic E-state index is 12.2. The van der Waals surface area contributed by atoms with E-state index in [-0.39, 0.29) is 12.5 Å². The lowest BCUT2D eigenvalue weighted by Gasteiger charge is -2.06. The van der Waals surface area contributed by atoms with Crippen LogP contribution < -0.4 is 10.1 Å². The number of esters is 1. The van der Waals surface area contributed by atoms with Crippen molar-refractivity contribution in [3.63, 3.8) is 0 Å². The normalized spacial score (nSPS) is 10.7. The van der Waals surface area contributed by atoms with Crippen molar-refractivity contribution in [2.75, 3.05) is 18.5 Å². The summed E-state index contributed by atoms with van der Waals surface area (Å²) in [5.41, 5.74) is 1.90. The van der Waals surface area contributed by atoms with E-state index in [9.17, 15) is 9.59 Å². The van der Waals surface area contributed by atoms with E-state index < -0.39 is 5.97 Å². The minimum atomic E-state index is -0.391. The molecule has 4 aromatic rings. The number of hydrogen-bond acceptors (Lipinski definition) is 9. The molecule has 10 nitrogen and oxygen atoms in total. The molecule has 4 rings (SSSR count). The van der Waals surface area contributed by atoms with E-state index in [1.54, 1.807) is 49.4 Å². The molecule has 11 heteroatoms. The highest BCUT2D eigenvalue weighted by molar-refractivity contribution is 7.22. The van der Waals surface area contributed by atoms with Crippen molar-refractivity contribution in [3.05, 3.63) is 54.4 Å². The van der Waals surface area contributed by atoms with Crippen molar-refractivity contribution in [2.45, 2.75) is 6.92 Å². The fourth-order valence-corrected chi connectivity index (χ4v) is 3.52. The SMILES string of the molecule is CCOC(=O)c1ccc2nc(NC(=O)COc3ccc(-n4cnnn4)cc3)sc2c1. The number of benzene rings is 2. The molecule has 0 bridgehead atoms. The van der Waals surface area contributed by atoms with Gasteiger partial charge in [0.25, 0.3) is 5.91 Å². The molecule has 0 atom stereocenters. The van der Waals surface area contributed by atoms with E-state index in [1.807, 2.05) is 0 Å². The maximum absolute atomic E-state index is 12.2. The van der Waals surface area contributed by atoms with Gasteiger partial charge in [-0.3, -0.25) is 10.1 Å². The van der Waals surface area contributed by atoms with Gasteiger partial charge in [-0.25, -0.2) is 14.5 Å².